The van der Waals surface area contributed by atoms with Crippen LogP contribution in [0, 0.1) is 11.3 Å². The normalized spacial score (nSPS) is 20.5. The van der Waals surface area contributed by atoms with E-state index in [1.807, 2.05) is 6.07 Å². The van der Waals surface area contributed by atoms with Gasteiger partial charge in [-0.2, -0.15) is 5.26 Å². The Kier molecular flexibility index (Phi) is 6.49. The molecule has 174 valence electrons. The van der Waals surface area contributed by atoms with Crippen LogP contribution in [-0.2, 0) is 4.74 Å². The van der Waals surface area contributed by atoms with Gasteiger partial charge in [0.2, 0.25) is 0 Å². The van der Waals surface area contributed by atoms with Gasteiger partial charge in [-0.15, -0.1) is 0 Å². The number of hydrogen-bond donors (Lipinski definition) is 1. The second-order valence-electron chi connectivity index (χ2n) is 8.57. The zero-order valence-corrected chi connectivity index (χ0v) is 18.8. The van der Waals surface area contributed by atoms with Crippen LogP contribution in [-0.4, -0.2) is 59.3 Å². The standard InChI is InChI=1S/C25H26N6O3/c26-16-17-5-6-27-22(13-17)25(32)30-18-1-3-20(4-2-18)34-23-15-19(31-9-11-33-12-10-31)14-21-24(23)29-8-7-28-21/h5-8,13-15,18,20H,1-4,9-12H2,(H,30,32)/t18-,20+. The number of fused-ring (bicyclic) bond motifs is 1. The van der Waals surface area contributed by atoms with Crippen molar-refractivity contribution in [3.8, 4) is 11.8 Å². The Morgan fingerprint density at radius 1 is 1.06 bits per heavy atom. The average Bonchev–Trinajstić information content (AvgIpc) is 2.90. The van der Waals surface area contributed by atoms with Gasteiger partial charge >= 0.3 is 0 Å². The van der Waals surface area contributed by atoms with Crippen LogP contribution in [0.25, 0.3) is 11.0 Å². The van der Waals surface area contributed by atoms with Gasteiger partial charge in [0.25, 0.3) is 5.91 Å². The van der Waals surface area contributed by atoms with Gasteiger partial charge in [-0.1, -0.05) is 0 Å². The molecular formula is C25H26N6O3. The number of anilines is 1. The van der Waals surface area contributed by atoms with E-state index >= 15 is 0 Å². The van der Waals surface area contributed by atoms with Crippen molar-refractivity contribution in [1.29, 1.82) is 5.26 Å². The first-order chi connectivity index (χ1) is 16.7. The van der Waals surface area contributed by atoms with Crippen LogP contribution in [0.1, 0.15) is 41.7 Å². The molecule has 2 fully saturated rings. The number of pyridine rings is 1. The van der Waals surface area contributed by atoms with Gasteiger partial charge in [0.1, 0.15) is 17.0 Å². The molecule has 1 N–H and O–H groups in total. The second-order valence-corrected chi connectivity index (χ2v) is 8.57. The van der Waals surface area contributed by atoms with E-state index in [-0.39, 0.29) is 23.7 Å². The number of ether oxygens (including phenoxy) is 2. The van der Waals surface area contributed by atoms with Gasteiger partial charge in [-0.3, -0.25) is 14.8 Å². The van der Waals surface area contributed by atoms with Crippen molar-refractivity contribution in [2.75, 3.05) is 31.2 Å². The average molecular weight is 459 g/mol. The van der Waals surface area contributed by atoms with E-state index in [2.05, 4.69) is 37.3 Å². The monoisotopic (exact) mass is 458 g/mol. The zero-order chi connectivity index (χ0) is 23.3. The molecule has 9 nitrogen and oxygen atoms in total. The van der Waals surface area contributed by atoms with Gasteiger partial charge < -0.3 is 19.7 Å². The van der Waals surface area contributed by atoms with Crippen molar-refractivity contribution in [1.82, 2.24) is 20.3 Å². The van der Waals surface area contributed by atoms with Crippen molar-refractivity contribution in [2.24, 2.45) is 0 Å². The summed E-state index contributed by atoms with van der Waals surface area (Å²) in [5.41, 5.74) is 3.33. The molecule has 1 aliphatic heterocycles. The van der Waals surface area contributed by atoms with Crippen LogP contribution >= 0.6 is 0 Å². The molecular weight excluding hydrogens is 432 g/mol. The molecule has 0 atom stereocenters. The van der Waals surface area contributed by atoms with Crippen molar-refractivity contribution in [3.05, 3.63) is 54.1 Å². The van der Waals surface area contributed by atoms with E-state index in [1.165, 1.54) is 12.3 Å². The molecule has 1 saturated carbocycles. The number of carbonyl (C=O) groups is 1. The molecule has 5 rings (SSSR count). The fourth-order valence-corrected chi connectivity index (χ4v) is 4.51. The minimum absolute atomic E-state index is 0.0401. The number of rotatable bonds is 5. The second kappa shape index (κ2) is 10.0. The maximum atomic E-state index is 12.5. The molecule has 0 bridgehead atoms. The van der Waals surface area contributed by atoms with E-state index in [9.17, 15) is 4.79 Å². The third-order valence-corrected chi connectivity index (χ3v) is 6.32. The lowest BCUT2D eigenvalue weighted by Gasteiger charge is -2.31. The zero-order valence-electron chi connectivity index (χ0n) is 18.8. The van der Waals surface area contributed by atoms with Crippen molar-refractivity contribution in [3.63, 3.8) is 0 Å². The third kappa shape index (κ3) is 4.92. The number of aromatic nitrogens is 3. The molecule has 0 spiro atoms. The largest absolute Gasteiger partial charge is 0.488 e. The highest BCUT2D eigenvalue weighted by atomic mass is 16.5. The summed E-state index contributed by atoms with van der Waals surface area (Å²) in [5, 5.41) is 12.1. The van der Waals surface area contributed by atoms with Crippen LogP contribution in [0.4, 0.5) is 5.69 Å². The molecule has 0 radical (unpaired) electrons. The number of hydrogen-bond acceptors (Lipinski definition) is 8. The smallest absolute Gasteiger partial charge is 0.270 e. The van der Waals surface area contributed by atoms with E-state index in [1.54, 1.807) is 18.5 Å². The predicted octanol–water partition coefficient (Wildman–Crippen LogP) is 2.85. The number of benzene rings is 1. The molecule has 9 heteroatoms. The summed E-state index contributed by atoms with van der Waals surface area (Å²) in [7, 11) is 0. The molecule has 3 aromatic rings. The molecule has 2 aliphatic rings. The van der Waals surface area contributed by atoms with Crippen LogP contribution < -0.4 is 15.0 Å². The van der Waals surface area contributed by atoms with E-state index in [0.717, 1.165) is 61.2 Å². The summed E-state index contributed by atoms with van der Waals surface area (Å²) < 4.78 is 11.9. The number of nitrogens with one attached hydrogen (secondary N) is 1. The highest BCUT2D eigenvalue weighted by molar-refractivity contribution is 5.92. The minimum atomic E-state index is -0.249. The van der Waals surface area contributed by atoms with Crippen molar-refractivity contribution < 1.29 is 14.3 Å². The summed E-state index contributed by atoms with van der Waals surface area (Å²) in [6.07, 6.45) is 8.16. The van der Waals surface area contributed by atoms with E-state index in [0.29, 0.717) is 18.8 Å². The summed E-state index contributed by atoms with van der Waals surface area (Å²) >= 11 is 0. The topological polar surface area (TPSA) is 113 Å². The molecule has 1 saturated heterocycles. The van der Waals surface area contributed by atoms with Gasteiger partial charge in [0, 0.05) is 49.5 Å². The molecule has 1 aromatic carbocycles. The summed E-state index contributed by atoms with van der Waals surface area (Å²) in [6, 6.07) is 9.30. The van der Waals surface area contributed by atoms with Crippen LogP contribution in [0.2, 0.25) is 0 Å². The minimum Gasteiger partial charge on any atom is -0.488 e. The Labute approximate surface area is 197 Å². The SMILES string of the molecule is N#Cc1ccnc(C(=O)N[C@H]2CC[C@@H](Oc3cc(N4CCOCC4)cc4nccnc34)CC2)c1. The number of nitriles is 1. The Morgan fingerprint density at radius 2 is 1.85 bits per heavy atom. The first-order valence-electron chi connectivity index (χ1n) is 11.6. The molecule has 3 heterocycles. The number of nitrogens with zero attached hydrogens (tertiary/aromatic N) is 5. The number of morpholine rings is 1. The van der Waals surface area contributed by atoms with Crippen LogP contribution in [0.3, 0.4) is 0 Å². The summed E-state index contributed by atoms with van der Waals surface area (Å²) in [5.74, 6) is 0.498. The predicted molar refractivity (Wildman–Crippen MR) is 126 cm³/mol. The van der Waals surface area contributed by atoms with Gasteiger partial charge in [0.05, 0.1) is 36.5 Å². The van der Waals surface area contributed by atoms with Gasteiger partial charge in [-0.05, 0) is 43.9 Å². The fourth-order valence-electron chi connectivity index (χ4n) is 4.51. The van der Waals surface area contributed by atoms with E-state index in [4.69, 9.17) is 14.7 Å². The Bertz CT molecular complexity index is 1210. The fraction of sp³-hybridized carbons (Fsp3) is 0.400. The molecule has 0 unspecified atom stereocenters. The number of amides is 1. The number of carbonyl (C=O) groups excluding carboxylic acids is 1. The summed E-state index contributed by atoms with van der Waals surface area (Å²) in [6.45, 7) is 3.09. The lowest BCUT2D eigenvalue weighted by Crippen LogP contribution is -2.40. The Balaban J connectivity index is 1.24. The maximum absolute atomic E-state index is 12.5. The molecule has 34 heavy (non-hydrogen) atoms. The van der Waals surface area contributed by atoms with E-state index < -0.39 is 0 Å². The quantitative estimate of drug-likeness (QED) is 0.621. The Hall–Kier alpha value is -3.77. The first kappa shape index (κ1) is 22.0. The van der Waals surface area contributed by atoms with Crippen LogP contribution in [0.15, 0.2) is 42.9 Å². The highest BCUT2D eigenvalue weighted by Crippen LogP contribution is 2.33. The first-order valence-corrected chi connectivity index (χ1v) is 11.6. The lowest BCUT2D eigenvalue weighted by atomic mass is 9.92. The van der Waals surface area contributed by atoms with Crippen molar-refractivity contribution >= 4 is 22.6 Å². The van der Waals surface area contributed by atoms with Gasteiger partial charge in [-0.25, -0.2) is 4.98 Å². The molecule has 1 amide bonds. The van der Waals surface area contributed by atoms with Gasteiger partial charge in [0.15, 0.2) is 0 Å². The highest BCUT2D eigenvalue weighted by Gasteiger charge is 2.25. The molecule has 2 aromatic heterocycles. The lowest BCUT2D eigenvalue weighted by molar-refractivity contribution is 0.0890. The third-order valence-electron chi connectivity index (χ3n) is 6.32. The molecule has 1 aliphatic carbocycles. The van der Waals surface area contributed by atoms with Crippen molar-refractivity contribution in [2.45, 2.75) is 37.8 Å². The summed E-state index contributed by atoms with van der Waals surface area (Å²) in [4.78, 5) is 27.9. The maximum Gasteiger partial charge on any atom is 0.270 e. The van der Waals surface area contributed by atoms with Crippen LogP contribution in [0.5, 0.6) is 5.75 Å². The Morgan fingerprint density at radius 3 is 2.65 bits per heavy atom.